The van der Waals surface area contributed by atoms with E-state index in [1.165, 1.54) is 11.1 Å². The van der Waals surface area contributed by atoms with Gasteiger partial charge in [-0.2, -0.15) is 0 Å². The van der Waals surface area contributed by atoms with Gasteiger partial charge in [-0.1, -0.05) is 50.6 Å². The maximum atomic E-state index is 6.14. The number of rotatable bonds is 7. The van der Waals surface area contributed by atoms with Crippen LogP contribution in [-0.4, -0.2) is 24.5 Å². The van der Waals surface area contributed by atoms with E-state index in [1.54, 1.807) is 0 Å². The van der Waals surface area contributed by atoms with Crippen LogP contribution in [0.5, 0.6) is 0 Å². The van der Waals surface area contributed by atoms with Gasteiger partial charge in [0.2, 0.25) is 0 Å². The van der Waals surface area contributed by atoms with Crippen LogP contribution in [-0.2, 0) is 0 Å². The lowest BCUT2D eigenvalue weighted by molar-refractivity contribution is 0.224. The van der Waals surface area contributed by atoms with E-state index in [1.807, 2.05) is 0 Å². The Morgan fingerprint density at radius 2 is 1.74 bits per heavy atom. The van der Waals surface area contributed by atoms with Crippen LogP contribution < -0.4 is 5.73 Å². The summed E-state index contributed by atoms with van der Waals surface area (Å²) in [5, 5.41) is 0. The average Bonchev–Trinajstić information content (AvgIpc) is 2.38. The van der Waals surface area contributed by atoms with E-state index in [4.69, 9.17) is 5.73 Å². The Balaban J connectivity index is 2.61. The fourth-order valence-corrected chi connectivity index (χ4v) is 2.43. The molecule has 108 valence electrons. The van der Waals surface area contributed by atoms with Crippen LogP contribution in [0, 0.1) is 12.8 Å². The Hall–Kier alpha value is -0.860. The first-order valence-corrected chi connectivity index (χ1v) is 7.48. The quantitative estimate of drug-likeness (QED) is 0.811. The molecule has 1 rings (SSSR count). The zero-order valence-electron chi connectivity index (χ0n) is 13.2. The van der Waals surface area contributed by atoms with Crippen LogP contribution in [0.1, 0.15) is 50.8 Å². The number of hydrogen-bond donors (Lipinski definition) is 1. The first-order valence-electron chi connectivity index (χ1n) is 7.48. The molecule has 0 aliphatic carbocycles. The van der Waals surface area contributed by atoms with E-state index in [2.05, 4.69) is 63.9 Å². The van der Waals surface area contributed by atoms with Crippen molar-refractivity contribution < 1.29 is 0 Å². The van der Waals surface area contributed by atoms with Crippen LogP contribution >= 0.6 is 0 Å². The van der Waals surface area contributed by atoms with E-state index in [9.17, 15) is 0 Å². The molecule has 1 aromatic carbocycles. The zero-order chi connectivity index (χ0) is 14.4. The zero-order valence-corrected chi connectivity index (χ0v) is 13.2. The van der Waals surface area contributed by atoms with E-state index < -0.39 is 0 Å². The standard InChI is InChI=1S/C17H30N2/c1-6-17(15-9-7-14(4)8-10-15)19(5)12-11-16(18)13(2)3/h7-10,13,16-17H,6,11-12,18H2,1-5H3. The molecule has 0 saturated carbocycles. The van der Waals surface area contributed by atoms with Crippen molar-refractivity contribution in [1.29, 1.82) is 0 Å². The summed E-state index contributed by atoms with van der Waals surface area (Å²) >= 11 is 0. The lowest BCUT2D eigenvalue weighted by Crippen LogP contribution is -2.33. The van der Waals surface area contributed by atoms with Gasteiger partial charge in [-0.15, -0.1) is 0 Å². The minimum Gasteiger partial charge on any atom is -0.327 e. The summed E-state index contributed by atoms with van der Waals surface area (Å²) < 4.78 is 0. The molecule has 2 nitrogen and oxygen atoms in total. The lowest BCUT2D eigenvalue weighted by atomic mass is 9.99. The lowest BCUT2D eigenvalue weighted by Gasteiger charge is -2.29. The largest absolute Gasteiger partial charge is 0.327 e. The van der Waals surface area contributed by atoms with Crippen molar-refractivity contribution in [2.24, 2.45) is 11.7 Å². The molecule has 0 saturated heterocycles. The maximum Gasteiger partial charge on any atom is 0.0342 e. The van der Waals surface area contributed by atoms with Gasteiger partial charge >= 0.3 is 0 Å². The summed E-state index contributed by atoms with van der Waals surface area (Å²) in [4.78, 5) is 2.44. The fourth-order valence-electron chi connectivity index (χ4n) is 2.43. The molecule has 0 radical (unpaired) electrons. The summed E-state index contributed by atoms with van der Waals surface area (Å²) in [5.74, 6) is 0.563. The summed E-state index contributed by atoms with van der Waals surface area (Å²) in [7, 11) is 2.21. The highest BCUT2D eigenvalue weighted by Crippen LogP contribution is 2.23. The summed E-state index contributed by atoms with van der Waals surface area (Å²) in [6.07, 6.45) is 2.20. The monoisotopic (exact) mass is 262 g/mol. The molecule has 0 amide bonds. The Bertz CT molecular complexity index is 356. The summed E-state index contributed by atoms with van der Waals surface area (Å²) in [6.45, 7) is 9.84. The number of hydrogen-bond acceptors (Lipinski definition) is 2. The van der Waals surface area contributed by atoms with Gasteiger partial charge in [-0.05, 0) is 44.8 Å². The molecule has 2 N–H and O–H groups in total. The molecule has 0 aliphatic heterocycles. The third kappa shape index (κ3) is 4.96. The third-order valence-electron chi connectivity index (χ3n) is 4.05. The highest BCUT2D eigenvalue weighted by Gasteiger charge is 2.16. The molecule has 1 aromatic rings. The summed E-state index contributed by atoms with van der Waals surface area (Å²) in [5.41, 5.74) is 8.87. The van der Waals surface area contributed by atoms with Gasteiger partial charge in [0.1, 0.15) is 0 Å². The normalized spacial score (nSPS) is 14.9. The molecule has 2 atom stereocenters. The van der Waals surface area contributed by atoms with Crippen molar-refractivity contribution in [2.45, 2.75) is 52.6 Å². The van der Waals surface area contributed by atoms with Gasteiger partial charge < -0.3 is 5.73 Å². The van der Waals surface area contributed by atoms with Crippen molar-refractivity contribution >= 4 is 0 Å². The second-order valence-electron chi connectivity index (χ2n) is 6.01. The fraction of sp³-hybridized carbons (Fsp3) is 0.647. The number of aryl methyl sites for hydroxylation is 1. The average molecular weight is 262 g/mol. The molecule has 19 heavy (non-hydrogen) atoms. The predicted octanol–water partition coefficient (Wildman–Crippen LogP) is 3.75. The Morgan fingerprint density at radius 3 is 2.21 bits per heavy atom. The molecule has 0 heterocycles. The van der Waals surface area contributed by atoms with Crippen molar-refractivity contribution in [3.8, 4) is 0 Å². The highest BCUT2D eigenvalue weighted by atomic mass is 15.1. The number of benzene rings is 1. The van der Waals surface area contributed by atoms with E-state index >= 15 is 0 Å². The van der Waals surface area contributed by atoms with Crippen LogP contribution in [0.25, 0.3) is 0 Å². The van der Waals surface area contributed by atoms with Crippen molar-refractivity contribution in [3.63, 3.8) is 0 Å². The van der Waals surface area contributed by atoms with Crippen molar-refractivity contribution in [1.82, 2.24) is 4.90 Å². The van der Waals surface area contributed by atoms with Gasteiger partial charge in [-0.3, -0.25) is 4.90 Å². The Kier molecular flexibility index (Phi) is 6.53. The SMILES string of the molecule is CCC(c1ccc(C)cc1)N(C)CCC(N)C(C)C. The predicted molar refractivity (Wildman–Crippen MR) is 84.3 cm³/mol. The first kappa shape index (κ1) is 16.2. The maximum absolute atomic E-state index is 6.14. The second-order valence-corrected chi connectivity index (χ2v) is 6.01. The molecular weight excluding hydrogens is 232 g/mol. The minimum atomic E-state index is 0.304. The van der Waals surface area contributed by atoms with Gasteiger partial charge in [-0.25, -0.2) is 0 Å². The second kappa shape index (κ2) is 7.66. The number of nitrogens with zero attached hydrogens (tertiary/aromatic N) is 1. The molecule has 0 aliphatic rings. The molecular formula is C17H30N2. The van der Waals surface area contributed by atoms with Crippen molar-refractivity contribution in [2.75, 3.05) is 13.6 Å². The van der Waals surface area contributed by atoms with Gasteiger partial charge in [0, 0.05) is 12.1 Å². The molecule has 0 aromatic heterocycles. The highest BCUT2D eigenvalue weighted by molar-refractivity contribution is 5.24. The van der Waals surface area contributed by atoms with Crippen molar-refractivity contribution in [3.05, 3.63) is 35.4 Å². The molecule has 0 spiro atoms. The molecule has 2 unspecified atom stereocenters. The smallest absolute Gasteiger partial charge is 0.0342 e. The third-order valence-corrected chi connectivity index (χ3v) is 4.05. The van der Waals surface area contributed by atoms with E-state index in [0.717, 1.165) is 19.4 Å². The first-order chi connectivity index (χ1) is 8.95. The van der Waals surface area contributed by atoms with E-state index in [-0.39, 0.29) is 0 Å². The van der Waals surface area contributed by atoms with Crippen LogP contribution in [0.15, 0.2) is 24.3 Å². The summed E-state index contributed by atoms with van der Waals surface area (Å²) in [6, 6.07) is 9.71. The van der Waals surface area contributed by atoms with E-state index in [0.29, 0.717) is 18.0 Å². The van der Waals surface area contributed by atoms with Gasteiger partial charge in [0.05, 0.1) is 0 Å². The number of nitrogens with two attached hydrogens (primary N) is 1. The minimum absolute atomic E-state index is 0.304. The Labute approximate surface area is 119 Å². The van der Waals surface area contributed by atoms with Crippen LogP contribution in [0.2, 0.25) is 0 Å². The Morgan fingerprint density at radius 1 is 1.16 bits per heavy atom. The topological polar surface area (TPSA) is 29.3 Å². The van der Waals surface area contributed by atoms with Gasteiger partial charge in [0.15, 0.2) is 0 Å². The molecule has 0 fully saturated rings. The van der Waals surface area contributed by atoms with Crippen LogP contribution in [0.3, 0.4) is 0 Å². The molecule has 0 bridgehead atoms. The van der Waals surface area contributed by atoms with Gasteiger partial charge in [0.25, 0.3) is 0 Å². The van der Waals surface area contributed by atoms with Crippen LogP contribution in [0.4, 0.5) is 0 Å². The molecule has 2 heteroatoms.